The van der Waals surface area contributed by atoms with Gasteiger partial charge >= 0.3 is 0 Å². The van der Waals surface area contributed by atoms with Gasteiger partial charge < -0.3 is 10.2 Å². The van der Waals surface area contributed by atoms with Crippen LogP contribution in [0.3, 0.4) is 0 Å². The summed E-state index contributed by atoms with van der Waals surface area (Å²) >= 11 is 0. The summed E-state index contributed by atoms with van der Waals surface area (Å²) in [7, 11) is 0. The van der Waals surface area contributed by atoms with E-state index in [1.54, 1.807) is 0 Å². The lowest BCUT2D eigenvalue weighted by molar-refractivity contribution is 0.569. The van der Waals surface area contributed by atoms with E-state index < -0.39 is 11.6 Å². The van der Waals surface area contributed by atoms with E-state index in [0.717, 1.165) is 38.4 Å². The van der Waals surface area contributed by atoms with Crippen molar-refractivity contribution in [2.75, 3.05) is 29.9 Å². The molecule has 0 spiro atoms. The summed E-state index contributed by atoms with van der Waals surface area (Å²) in [5, 5.41) is 2.91. The predicted molar refractivity (Wildman–Crippen MR) is 73.6 cm³/mol. The summed E-state index contributed by atoms with van der Waals surface area (Å²) in [4.78, 5) is 6.07. The molecule has 1 fully saturated rings. The van der Waals surface area contributed by atoms with Crippen LogP contribution >= 0.6 is 0 Å². The molecule has 0 amide bonds. The van der Waals surface area contributed by atoms with Crippen molar-refractivity contribution in [3.8, 4) is 0 Å². The van der Waals surface area contributed by atoms with Gasteiger partial charge in [0.15, 0.2) is 23.3 Å². The molecule has 1 saturated heterocycles. The van der Waals surface area contributed by atoms with E-state index in [9.17, 15) is 8.78 Å². The minimum Gasteiger partial charge on any atom is -0.368 e. The SMILES string of the molecule is CCCNc1nc(N2CCCCCC2)c(F)cc1F. The molecule has 1 aromatic heterocycles. The lowest BCUT2D eigenvalue weighted by Gasteiger charge is -2.22. The van der Waals surface area contributed by atoms with Gasteiger partial charge in [-0.3, -0.25) is 0 Å². The van der Waals surface area contributed by atoms with Crippen molar-refractivity contribution < 1.29 is 8.78 Å². The van der Waals surface area contributed by atoms with Crippen molar-refractivity contribution in [3.63, 3.8) is 0 Å². The van der Waals surface area contributed by atoms with E-state index in [1.807, 2.05) is 11.8 Å². The van der Waals surface area contributed by atoms with Crippen LogP contribution in [0.5, 0.6) is 0 Å². The number of aromatic nitrogens is 1. The highest BCUT2D eigenvalue weighted by Gasteiger charge is 2.18. The molecule has 2 rings (SSSR count). The molecule has 3 nitrogen and oxygen atoms in total. The summed E-state index contributed by atoms with van der Waals surface area (Å²) < 4.78 is 27.5. The predicted octanol–water partition coefficient (Wildman–Crippen LogP) is 3.56. The zero-order valence-corrected chi connectivity index (χ0v) is 11.4. The molecule has 0 aromatic carbocycles. The highest BCUT2D eigenvalue weighted by molar-refractivity contribution is 5.49. The van der Waals surface area contributed by atoms with Gasteiger partial charge in [0.2, 0.25) is 0 Å². The third-order valence-corrected chi connectivity index (χ3v) is 3.36. The Morgan fingerprint density at radius 3 is 2.47 bits per heavy atom. The van der Waals surface area contributed by atoms with Crippen LogP contribution in [0.25, 0.3) is 0 Å². The molecule has 0 aliphatic carbocycles. The van der Waals surface area contributed by atoms with Gasteiger partial charge in [-0.15, -0.1) is 0 Å². The molecule has 0 unspecified atom stereocenters. The monoisotopic (exact) mass is 269 g/mol. The van der Waals surface area contributed by atoms with Gasteiger partial charge in [-0.1, -0.05) is 19.8 Å². The van der Waals surface area contributed by atoms with Gasteiger partial charge in [0.1, 0.15) is 0 Å². The van der Waals surface area contributed by atoms with Crippen molar-refractivity contribution in [2.45, 2.75) is 39.0 Å². The highest BCUT2D eigenvalue weighted by Crippen LogP contribution is 2.24. The number of hydrogen-bond donors (Lipinski definition) is 1. The van der Waals surface area contributed by atoms with Crippen molar-refractivity contribution in [1.82, 2.24) is 4.98 Å². The number of nitrogens with one attached hydrogen (secondary N) is 1. The fraction of sp³-hybridized carbons (Fsp3) is 0.643. The molecule has 1 N–H and O–H groups in total. The van der Waals surface area contributed by atoms with Crippen molar-refractivity contribution in [1.29, 1.82) is 0 Å². The maximum Gasteiger partial charge on any atom is 0.168 e. The second-order valence-corrected chi connectivity index (χ2v) is 4.95. The van der Waals surface area contributed by atoms with Crippen LogP contribution in [-0.4, -0.2) is 24.6 Å². The molecular weight excluding hydrogens is 248 g/mol. The maximum atomic E-state index is 13.9. The van der Waals surface area contributed by atoms with E-state index in [1.165, 1.54) is 12.8 Å². The maximum absolute atomic E-state index is 13.9. The van der Waals surface area contributed by atoms with Gasteiger partial charge in [-0.05, 0) is 19.3 Å². The number of rotatable bonds is 4. The molecule has 0 atom stereocenters. The van der Waals surface area contributed by atoms with Crippen molar-refractivity contribution >= 4 is 11.6 Å². The second-order valence-electron chi connectivity index (χ2n) is 4.95. The Balaban J connectivity index is 2.22. The van der Waals surface area contributed by atoms with Crippen LogP contribution < -0.4 is 10.2 Å². The lowest BCUT2D eigenvalue weighted by Crippen LogP contribution is -2.26. The lowest BCUT2D eigenvalue weighted by atomic mass is 10.2. The van der Waals surface area contributed by atoms with E-state index >= 15 is 0 Å². The van der Waals surface area contributed by atoms with Crippen LogP contribution in [0, 0.1) is 11.6 Å². The number of anilines is 2. The fourth-order valence-corrected chi connectivity index (χ4v) is 2.33. The molecule has 5 heteroatoms. The Bertz CT molecular complexity index is 415. The Kier molecular flexibility index (Phi) is 4.93. The second kappa shape index (κ2) is 6.68. The largest absolute Gasteiger partial charge is 0.368 e. The Labute approximate surface area is 113 Å². The molecule has 106 valence electrons. The third kappa shape index (κ3) is 3.55. The van der Waals surface area contributed by atoms with E-state index in [-0.39, 0.29) is 11.6 Å². The Morgan fingerprint density at radius 2 is 1.84 bits per heavy atom. The number of nitrogens with zero attached hydrogens (tertiary/aromatic N) is 2. The molecule has 0 radical (unpaired) electrons. The summed E-state index contributed by atoms with van der Waals surface area (Å²) in [5.74, 6) is -0.754. The van der Waals surface area contributed by atoms with Gasteiger partial charge in [-0.25, -0.2) is 13.8 Å². The first-order valence-corrected chi connectivity index (χ1v) is 7.07. The van der Waals surface area contributed by atoms with Gasteiger partial charge in [0.05, 0.1) is 0 Å². The van der Waals surface area contributed by atoms with Crippen LogP contribution in [0.2, 0.25) is 0 Å². The fourth-order valence-electron chi connectivity index (χ4n) is 2.33. The molecule has 1 aliphatic rings. The molecule has 2 heterocycles. The van der Waals surface area contributed by atoms with E-state index in [4.69, 9.17) is 0 Å². The third-order valence-electron chi connectivity index (χ3n) is 3.36. The van der Waals surface area contributed by atoms with Gasteiger partial charge in [0.25, 0.3) is 0 Å². The van der Waals surface area contributed by atoms with Gasteiger partial charge in [-0.2, -0.15) is 0 Å². The first-order chi connectivity index (χ1) is 9.22. The molecule has 1 aliphatic heterocycles. The number of hydrogen-bond acceptors (Lipinski definition) is 3. The number of halogens is 2. The Morgan fingerprint density at radius 1 is 1.16 bits per heavy atom. The van der Waals surface area contributed by atoms with Crippen molar-refractivity contribution in [3.05, 3.63) is 17.7 Å². The summed E-state index contributed by atoms with van der Waals surface area (Å²) in [6, 6.07) is 0.936. The standard InChI is InChI=1S/C14H21F2N3/c1-2-7-17-13-11(15)10-12(16)14(18-13)19-8-5-3-4-6-9-19/h10H,2-9H2,1H3,(H,17,18). The van der Waals surface area contributed by atoms with Gasteiger partial charge in [0, 0.05) is 25.7 Å². The molecule has 0 bridgehead atoms. The summed E-state index contributed by atoms with van der Waals surface area (Å²) in [5.41, 5.74) is 0. The van der Waals surface area contributed by atoms with Crippen LogP contribution in [0.1, 0.15) is 39.0 Å². The van der Waals surface area contributed by atoms with Crippen LogP contribution in [0.15, 0.2) is 6.07 Å². The van der Waals surface area contributed by atoms with Crippen LogP contribution in [-0.2, 0) is 0 Å². The van der Waals surface area contributed by atoms with E-state index in [0.29, 0.717) is 6.54 Å². The molecule has 1 aromatic rings. The smallest absolute Gasteiger partial charge is 0.168 e. The summed E-state index contributed by atoms with van der Waals surface area (Å²) in [6.45, 7) is 4.21. The minimum absolute atomic E-state index is 0.155. The number of pyridine rings is 1. The molecule has 0 saturated carbocycles. The zero-order chi connectivity index (χ0) is 13.7. The average Bonchev–Trinajstić information content (AvgIpc) is 2.66. The topological polar surface area (TPSA) is 28.2 Å². The minimum atomic E-state index is -0.621. The highest BCUT2D eigenvalue weighted by atomic mass is 19.1. The average molecular weight is 269 g/mol. The van der Waals surface area contributed by atoms with E-state index in [2.05, 4.69) is 10.3 Å². The van der Waals surface area contributed by atoms with Crippen molar-refractivity contribution in [2.24, 2.45) is 0 Å². The Hall–Kier alpha value is -1.39. The van der Waals surface area contributed by atoms with Crippen LogP contribution in [0.4, 0.5) is 20.4 Å². The zero-order valence-electron chi connectivity index (χ0n) is 11.4. The molecular formula is C14H21F2N3. The molecule has 19 heavy (non-hydrogen) atoms. The normalized spacial score (nSPS) is 16.3. The summed E-state index contributed by atoms with van der Waals surface area (Å²) in [6.07, 6.45) is 5.28. The first kappa shape index (κ1) is 14.0. The first-order valence-electron chi connectivity index (χ1n) is 7.07. The quantitative estimate of drug-likeness (QED) is 0.905.